The van der Waals surface area contributed by atoms with E-state index in [-0.39, 0.29) is 24.8 Å². The number of para-hydroxylation sites is 1. The highest BCUT2D eigenvalue weighted by molar-refractivity contribution is 6.23. The number of imide groups is 2. The van der Waals surface area contributed by atoms with E-state index in [1.165, 1.54) is 12.8 Å². The summed E-state index contributed by atoms with van der Waals surface area (Å²) in [6.45, 7) is 10.5. The summed E-state index contributed by atoms with van der Waals surface area (Å²) in [7, 11) is 0. The van der Waals surface area contributed by atoms with Crippen LogP contribution in [0.2, 0.25) is 0 Å². The van der Waals surface area contributed by atoms with Crippen LogP contribution in [-0.2, 0) is 9.59 Å². The third kappa shape index (κ3) is 8.93. The zero-order valence-corrected chi connectivity index (χ0v) is 37.0. The second-order valence-corrected chi connectivity index (χ2v) is 18.9. The molecule has 6 aliphatic heterocycles. The molecule has 15 nitrogen and oxygen atoms in total. The van der Waals surface area contributed by atoms with E-state index < -0.39 is 29.7 Å². The minimum Gasteiger partial charge on any atom is -0.457 e. The Morgan fingerprint density at radius 1 is 0.723 bits per heavy atom. The van der Waals surface area contributed by atoms with Gasteiger partial charge in [0.25, 0.3) is 17.7 Å². The summed E-state index contributed by atoms with van der Waals surface area (Å²) in [4.78, 5) is 72.5. The summed E-state index contributed by atoms with van der Waals surface area (Å²) in [5.41, 5.74) is 9.68. The highest BCUT2D eigenvalue weighted by atomic mass is 16.5. The number of hydrogen-bond acceptors (Lipinski definition) is 11. The molecular weight excluding hydrogens is 823 g/mol. The van der Waals surface area contributed by atoms with Crippen molar-refractivity contribution in [2.75, 3.05) is 70.8 Å². The van der Waals surface area contributed by atoms with Gasteiger partial charge in [0.2, 0.25) is 11.8 Å². The number of nitrogens with zero attached hydrogens (tertiary/aromatic N) is 6. The molecule has 1 unspecified atom stereocenters. The van der Waals surface area contributed by atoms with Gasteiger partial charge in [-0.3, -0.25) is 34.2 Å². The van der Waals surface area contributed by atoms with Crippen molar-refractivity contribution in [3.8, 4) is 22.8 Å². The lowest BCUT2D eigenvalue weighted by atomic mass is 9.86. The molecule has 2 atom stereocenters. The number of piperidine rings is 4. The fourth-order valence-corrected chi connectivity index (χ4v) is 11.3. The minimum absolute atomic E-state index is 0.109. The molecule has 4 saturated heterocycles. The van der Waals surface area contributed by atoms with Crippen LogP contribution in [0.5, 0.6) is 11.5 Å². The average Bonchev–Trinajstić information content (AvgIpc) is 3.84. The number of carbonyl (C=O) groups is 5. The predicted molar refractivity (Wildman–Crippen MR) is 245 cm³/mol. The van der Waals surface area contributed by atoms with Crippen molar-refractivity contribution in [1.29, 1.82) is 0 Å². The number of amides is 5. The van der Waals surface area contributed by atoms with Crippen LogP contribution in [0.25, 0.3) is 11.3 Å². The molecule has 65 heavy (non-hydrogen) atoms. The van der Waals surface area contributed by atoms with Gasteiger partial charge in [-0.25, -0.2) is 4.68 Å². The first-order valence-corrected chi connectivity index (χ1v) is 23.7. The highest BCUT2D eigenvalue weighted by Crippen LogP contribution is 2.41. The Morgan fingerprint density at radius 2 is 1.38 bits per heavy atom. The maximum Gasteiger partial charge on any atom is 0.262 e. The van der Waals surface area contributed by atoms with E-state index in [2.05, 4.69) is 30.0 Å². The van der Waals surface area contributed by atoms with Crippen molar-refractivity contribution in [2.45, 2.75) is 75.8 Å². The SMILES string of the molecule is NC(=O)c1c(-c2ccc(Oc3ccccc3)cc2)nn2c1NCC[C@H]2C1CCN(CC2CCN(CCN3CCC(c4ccc5c(c4)C(=O)N(C4CCC(=O)NC4=O)C5=O)CC3)CC2)CC1. The monoisotopic (exact) mass is 881 g/mol. The van der Waals surface area contributed by atoms with E-state index in [1.54, 1.807) is 6.07 Å². The molecule has 4 aromatic rings. The van der Waals surface area contributed by atoms with E-state index in [9.17, 15) is 24.0 Å². The number of benzene rings is 3. The summed E-state index contributed by atoms with van der Waals surface area (Å²) in [6, 6.07) is 22.2. The number of nitrogens with one attached hydrogen (secondary N) is 2. The second-order valence-electron chi connectivity index (χ2n) is 18.9. The lowest BCUT2D eigenvalue weighted by molar-refractivity contribution is -0.136. The van der Waals surface area contributed by atoms with E-state index in [0.29, 0.717) is 45.9 Å². The number of anilines is 1. The van der Waals surface area contributed by atoms with Gasteiger partial charge in [0, 0.05) is 38.2 Å². The Balaban J connectivity index is 0.661. The molecule has 5 amide bonds. The van der Waals surface area contributed by atoms with Gasteiger partial charge in [-0.2, -0.15) is 5.10 Å². The molecule has 0 radical (unpaired) electrons. The number of hydrogen-bond donors (Lipinski definition) is 3. The molecule has 6 aliphatic rings. The summed E-state index contributed by atoms with van der Waals surface area (Å²) in [6.07, 6.45) is 7.89. The lowest BCUT2D eigenvalue weighted by Gasteiger charge is -2.41. The average molecular weight is 882 g/mol. The molecule has 4 fully saturated rings. The third-order valence-electron chi connectivity index (χ3n) is 15.0. The molecule has 15 heteroatoms. The lowest BCUT2D eigenvalue weighted by Crippen LogP contribution is -2.54. The minimum atomic E-state index is -0.949. The summed E-state index contributed by atoms with van der Waals surface area (Å²) in [5.74, 6) is 1.38. The number of fused-ring (bicyclic) bond motifs is 2. The second kappa shape index (κ2) is 18.5. The van der Waals surface area contributed by atoms with Crippen LogP contribution in [0.3, 0.4) is 0 Å². The molecule has 0 aliphatic carbocycles. The van der Waals surface area contributed by atoms with Crippen molar-refractivity contribution in [1.82, 2.24) is 34.7 Å². The maximum atomic E-state index is 13.4. The normalized spacial score (nSPS) is 23.0. The van der Waals surface area contributed by atoms with Crippen LogP contribution < -0.4 is 21.1 Å². The molecule has 0 saturated carbocycles. The molecular formula is C50H59N9O6. The van der Waals surface area contributed by atoms with Crippen molar-refractivity contribution in [2.24, 2.45) is 17.6 Å². The van der Waals surface area contributed by atoms with Crippen LogP contribution >= 0.6 is 0 Å². The summed E-state index contributed by atoms with van der Waals surface area (Å²) < 4.78 is 8.06. The standard InChI is InChI=1S/C50H59N9O6/c51-46(61)44-45(35-6-9-38(10-7-35)65-37-4-2-1-3-5-37)54-59-41(14-21-52-47(44)59)34-19-26-57(27-20-34)31-32-15-22-55(23-16-32)28-29-56-24-17-33(18-25-56)36-8-11-39-40(30-36)50(64)58(49(39)63)42-12-13-43(60)53-48(42)62/h1-11,30,32-34,41-42,52H,12-29,31H2,(H2,51,61)(H,53,60,62)/t41-,42?/m0/s1. The van der Waals surface area contributed by atoms with Gasteiger partial charge in [-0.15, -0.1) is 0 Å². The smallest absolute Gasteiger partial charge is 0.262 e. The van der Waals surface area contributed by atoms with Gasteiger partial charge in [0.1, 0.15) is 34.6 Å². The van der Waals surface area contributed by atoms with Crippen molar-refractivity contribution in [3.63, 3.8) is 0 Å². The first-order valence-electron chi connectivity index (χ1n) is 23.7. The number of aromatic nitrogens is 2. The molecule has 10 rings (SSSR count). The summed E-state index contributed by atoms with van der Waals surface area (Å²) >= 11 is 0. The van der Waals surface area contributed by atoms with Gasteiger partial charge < -0.3 is 30.5 Å². The molecule has 4 N–H and O–H groups in total. The Morgan fingerprint density at radius 3 is 2.08 bits per heavy atom. The Bertz CT molecular complexity index is 2430. The fraction of sp³-hybridized carbons (Fsp3) is 0.480. The van der Waals surface area contributed by atoms with E-state index in [4.69, 9.17) is 15.6 Å². The fourth-order valence-electron chi connectivity index (χ4n) is 11.3. The number of carbonyl (C=O) groups excluding carboxylic acids is 5. The Hall–Kier alpha value is -5.90. The van der Waals surface area contributed by atoms with Crippen molar-refractivity contribution in [3.05, 3.63) is 95.1 Å². The van der Waals surface area contributed by atoms with Gasteiger partial charge in [0.15, 0.2) is 0 Å². The number of primary amides is 1. The number of likely N-dealkylation sites (tertiary alicyclic amines) is 3. The summed E-state index contributed by atoms with van der Waals surface area (Å²) in [5, 5.41) is 10.8. The van der Waals surface area contributed by atoms with E-state index >= 15 is 0 Å². The van der Waals surface area contributed by atoms with Gasteiger partial charge >= 0.3 is 0 Å². The van der Waals surface area contributed by atoms with Crippen LogP contribution in [0.1, 0.15) is 106 Å². The van der Waals surface area contributed by atoms with E-state index in [1.807, 2.05) is 66.7 Å². The predicted octanol–water partition coefficient (Wildman–Crippen LogP) is 5.50. The van der Waals surface area contributed by atoms with Crippen molar-refractivity contribution < 1.29 is 28.7 Å². The Labute approximate surface area is 379 Å². The first-order chi connectivity index (χ1) is 31.7. The molecule has 340 valence electrons. The van der Waals surface area contributed by atoms with Gasteiger partial charge in [-0.05, 0) is 162 Å². The number of ether oxygens (including phenoxy) is 1. The molecule has 7 heterocycles. The molecule has 0 bridgehead atoms. The van der Waals surface area contributed by atoms with E-state index in [0.717, 1.165) is 125 Å². The molecule has 1 aromatic heterocycles. The van der Waals surface area contributed by atoms with Crippen LogP contribution in [0, 0.1) is 11.8 Å². The maximum absolute atomic E-state index is 13.4. The van der Waals surface area contributed by atoms with Crippen LogP contribution in [0.4, 0.5) is 5.82 Å². The first kappa shape index (κ1) is 43.0. The number of rotatable bonds is 12. The largest absolute Gasteiger partial charge is 0.457 e. The van der Waals surface area contributed by atoms with Gasteiger partial charge in [-0.1, -0.05) is 24.3 Å². The highest BCUT2D eigenvalue weighted by Gasteiger charge is 2.45. The van der Waals surface area contributed by atoms with Crippen molar-refractivity contribution >= 4 is 35.4 Å². The topological polar surface area (TPSA) is 175 Å². The quantitative estimate of drug-likeness (QED) is 0.153. The third-order valence-corrected chi connectivity index (χ3v) is 15.0. The molecule has 3 aromatic carbocycles. The Kier molecular flexibility index (Phi) is 12.3. The zero-order chi connectivity index (χ0) is 44.6. The van der Waals surface area contributed by atoms with Crippen LogP contribution in [0.15, 0.2) is 72.8 Å². The zero-order valence-electron chi connectivity index (χ0n) is 37.0. The number of nitrogens with two attached hydrogens (primary N) is 1. The van der Waals surface area contributed by atoms with Crippen LogP contribution in [-0.4, -0.2) is 130 Å². The van der Waals surface area contributed by atoms with Gasteiger partial charge in [0.05, 0.1) is 17.2 Å². The molecule has 0 spiro atoms.